The maximum absolute atomic E-state index is 16.0. The van der Waals surface area contributed by atoms with Crippen molar-refractivity contribution in [1.82, 2.24) is 19.9 Å². The molecule has 0 unspecified atom stereocenters. The molecule has 0 amide bonds. The zero-order valence-electron chi connectivity index (χ0n) is 18.6. The first kappa shape index (κ1) is 23.0. The van der Waals surface area contributed by atoms with Gasteiger partial charge in [0.15, 0.2) is 10.9 Å². The van der Waals surface area contributed by atoms with Crippen LogP contribution in [0.2, 0.25) is 5.02 Å². The second-order valence-electron chi connectivity index (χ2n) is 8.34. The lowest BCUT2D eigenvalue weighted by molar-refractivity contribution is 0.188. The molecule has 2 aromatic carbocycles. The maximum atomic E-state index is 16.0. The molecule has 1 atom stereocenters. The molecule has 178 valence electrons. The number of fused-ring (bicyclic) bond motifs is 2. The third-order valence-corrected chi connectivity index (χ3v) is 7.21. The van der Waals surface area contributed by atoms with E-state index in [9.17, 15) is 0 Å². The van der Waals surface area contributed by atoms with Gasteiger partial charge in [-0.1, -0.05) is 29.0 Å². The predicted octanol–water partition coefficient (Wildman–Crippen LogP) is 4.12. The third-order valence-electron chi connectivity index (χ3n) is 6.07. The van der Waals surface area contributed by atoms with Gasteiger partial charge in [-0.2, -0.15) is 9.97 Å². The molecular weight excluding hydrogens is 477 g/mol. The standard InChI is InChI=1S/C23H25ClFN7OS/c1-32-8-2-3-13(32)11-33-23-30-20-14(21(31-23)28-7-6-26)10-15(24)18(19(20)25)12-4-5-16-17(9-12)34-22(27)29-16/h4-5,9-10,13H,2-3,6-8,11,26H2,1H3,(H2,27,29)(H,28,30,31)/t13-/m0/s1. The van der Waals surface area contributed by atoms with Gasteiger partial charge in [-0.25, -0.2) is 9.37 Å². The summed E-state index contributed by atoms with van der Waals surface area (Å²) in [5.41, 5.74) is 13.3. The van der Waals surface area contributed by atoms with E-state index in [1.807, 2.05) is 6.07 Å². The lowest BCUT2D eigenvalue weighted by atomic mass is 10.0. The quantitative estimate of drug-likeness (QED) is 0.346. The molecule has 34 heavy (non-hydrogen) atoms. The summed E-state index contributed by atoms with van der Waals surface area (Å²) in [4.78, 5) is 15.4. The third kappa shape index (κ3) is 4.34. The van der Waals surface area contributed by atoms with E-state index in [4.69, 9.17) is 27.8 Å². The molecule has 0 aliphatic carbocycles. The Morgan fingerprint density at radius 3 is 2.91 bits per heavy atom. The van der Waals surface area contributed by atoms with Gasteiger partial charge in [0.05, 0.1) is 15.2 Å². The number of nitrogen functional groups attached to an aromatic ring is 1. The van der Waals surface area contributed by atoms with Crippen molar-refractivity contribution in [2.45, 2.75) is 18.9 Å². The Kier molecular flexibility index (Phi) is 6.39. The van der Waals surface area contributed by atoms with Crippen molar-refractivity contribution >= 4 is 55.0 Å². The summed E-state index contributed by atoms with van der Waals surface area (Å²) in [6.07, 6.45) is 2.17. The molecule has 0 saturated carbocycles. The first-order valence-electron chi connectivity index (χ1n) is 11.1. The SMILES string of the molecule is CN1CCC[C@H]1COc1nc(NCCN)c2cc(Cl)c(-c3ccc4nc(N)sc4c3)c(F)c2n1. The second-order valence-corrected chi connectivity index (χ2v) is 9.81. The second kappa shape index (κ2) is 9.46. The highest BCUT2D eigenvalue weighted by molar-refractivity contribution is 7.22. The Morgan fingerprint density at radius 2 is 2.15 bits per heavy atom. The van der Waals surface area contributed by atoms with Gasteiger partial charge < -0.3 is 26.4 Å². The number of benzene rings is 2. The minimum Gasteiger partial charge on any atom is -0.462 e. The number of nitrogens with two attached hydrogens (primary N) is 2. The van der Waals surface area contributed by atoms with Gasteiger partial charge >= 0.3 is 6.01 Å². The van der Waals surface area contributed by atoms with Crippen LogP contribution >= 0.6 is 22.9 Å². The first-order valence-corrected chi connectivity index (χ1v) is 12.3. The summed E-state index contributed by atoms with van der Waals surface area (Å²) in [5, 5.41) is 4.31. The first-order chi connectivity index (χ1) is 16.4. The number of aromatic nitrogens is 3. The molecule has 1 saturated heterocycles. The number of halogens is 2. The lowest BCUT2D eigenvalue weighted by Gasteiger charge is -2.19. The molecule has 1 aliphatic heterocycles. The summed E-state index contributed by atoms with van der Waals surface area (Å²) < 4.78 is 22.8. The van der Waals surface area contributed by atoms with Gasteiger partial charge in [0.1, 0.15) is 17.9 Å². The number of hydrogen-bond donors (Lipinski definition) is 3. The Morgan fingerprint density at radius 1 is 1.29 bits per heavy atom. The van der Waals surface area contributed by atoms with Crippen LogP contribution in [0.15, 0.2) is 24.3 Å². The number of thiazole rings is 1. The van der Waals surface area contributed by atoms with Crippen molar-refractivity contribution < 1.29 is 9.13 Å². The van der Waals surface area contributed by atoms with Gasteiger partial charge in [0, 0.05) is 30.1 Å². The van der Waals surface area contributed by atoms with E-state index < -0.39 is 5.82 Å². The van der Waals surface area contributed by atoms with Crippen LogP contribution in [0.4, 0.5) is 15.3 Å². The number of nitrogens with one attached hydrogen (secondary N) is 1. The van der Waals surface area contributed by atoms with Crippen LogP contribution in [0.25, 0.3) is 32.2 Å². The minimum atomic E-state index is -0.541. The van der Waals surface area contributed by atoms with Gasteiger partial charge in [-0.3, -0.25) is 0 Å². The van der Waals surface area contributed by atoms with Crippen molar-refractivity contribution in [3.63, 3.8) is 0 Å². The molecular formula is C23H25ClFN7OS. The van der Waals surface area contributed by atoms with Crippen molar-refractivity contribution in [3.05, 3.63) is 35.1 Å². The van der Waals surface area contributed by atoms with E-state index in [2.05, 4.69) is 32.2 Å². The number of anilines is 2. The Bertz CT molecular complexity index is 1360. The highest BCUT2D eigenvalue weighted by atomic mass is 35.5. The molecule has 4 aromatic rings. The number of hydrogen-bond acceptors (Lipinski definition) is 9. The summed E-state index contributed by atoms with van der Waals surface area (Å²) in [7, 11) is 2.07. The number of nitrogens with zero attached hydrogens (tertiary/aromatic N) is 4. The topological polar surface area (TPSA) is 115 Å². The van der Waals surface area contributed by atoms with Gasteiger partial charge in [0.2, 0.25) is 0 Å². The average molecular weight is 502 g/mol. The van der Waals surface area contributed by atoms with Crippen LogP contribution in [-0.2, 0) is 0 Å². The van der Waals surface area contributed by atoms with Gasteiger partial charge in [-0.15, -0.1) is 0 Å². The molecule has 3 heterocycles. The fourth-order valence-electron chi connectivity index (χ4n) is 4.29. The van der Waals surface area contributed by atoms with Crippen molar-refractivity contribution in [2.24, 2.45) is 5.73 Å². The van der Waals surface area contributed by atoms with E-state index in [1.54, 1.807) is 18.2 Å². The largest absolute Gasteiger partial charge is 0.462 e. The van der Waals surface area contributed by atoms with Gasteiger partial charge in [0.25, 0.3) is 0 Å². The minimum absolute atomic E-state index is 0.116. The molecule has 5 rings (SSSR count). The van der Waals surface area contributed by atoms with E-state index in [0.29, 0.717) is 41.6 Å². The van der Waals surface area contributed by atoms with Crippen LogP contribution in [-0.4, -0.2) is 59.2 Å². The highest BCUT2D eigenvalue weighted by Gasteiger charge is 2.24. The van der Waals surface area contributed by atoms with Gasteiger partial charge in [-0.05, 0) is 50.2 Å². The monoisotopic (exact) mass is 501 g/mol. The lowest BCUT2D eigenvalue weighted by Crippen LogP contribution is -2.31. The number of ether oxygens (including phenoxy) is 1. The highest BCUT2D eigenvalue weighted by Crippen LogP contribution is 2.39. The van der Waals surface area contributed by atoms with Crippen LogP contribution in [0.3, 0.4) is 0 Å². The Labute approximate surface area is 205 Å². The van der Waals surface area contributed by atoms with E-state index in [0.717, 1.165) is 29.6 Å². The molecule has 11 heteroatoms. The Balaban J connectivity index is 1.59. The Hall–Kier alpha value is -2.79. The predicted molar refractivity (Wildman–Crippen MR) is 136 cm³/mol. The molecule has 0 bridgehead atoms. The summed E-state index contributed by atoms with van der Waals surface area (Å²) >= 11 is 7.93. The van der Waals surface area contributed by atoms with E-state index in [1.165, 1.54) is 11.3 Å². The van der Waals surface area contributed by atoms with E-state index in [-0.39, 0.29) is 28.2 Å². The molecule has 1 aliphatic rings. The smallest absolute Gasteiger partial charge is 0.319 e. The molecule has 8 nitrogen and oxygen atoms in total. The fraction of sp³-hybridized carbons (Fsp3) is 0.348. The van der Waals surface area contributed by atoms with Crippen LogP contribution in [0.1, 0.15) is 12.8 Å². The number of likely N-dealkylation sites (tertiary alicyclic amines) is 1. The zero-order valence-corrected chi connectivity index (χ0v) is 20.2. The van der Waals surface area contributed by atoms with Crippen LogP contribution < -0.4 is 21.5 Å². The molecule has 5 N–H and O–H groups in total. The molecule has 1 fully saturated rings. The van der Waals surface area contributed by atoms with Crippen molar-refractivity contribution in [3.8, 4) is 17.1 Å². The summed E-state index contributed by atoms with van der Waals surface area (Å²) in [5.74, 6) is -0.108. The fourth-order valence-corrected chi connectivity index (χ4v) is 5.36. The molecule has 2 aromatic heterocycles. The normalized spacial score (nSPS) is 16.5. The number of rotatable bonds is 7. The van der Waals surface area contributed by atoms with Crippen molar-refractivity contribution in [1.29, 1.82) is 0 Å². The summed E-state index contributed by atoms with van der Waals surface area (Å²) in [6, 6.07) is 7.49. The molecule has 0 spiro atoms. The molecule has 0 radical (unpaired) electrons. The summed E-state index contributed by atoms with van der Waals surface area (Å²) in [6.45, 7) is 2.31. The number of likely N-dealkylation sites (N-methyl/N-ethyl adjacent to an activating group) is 1. The van der Waals surface area contributed by atoms with Crippen LogP contribution in [0, 0.1) is 5.82 Å². The zero-order chi connectivity index (χ0) is 23.8. The van der Waals surface area contributed by atoms with E-state index >= 15 is 4.39 Å². The average Bonchev–Trinajstić information content (AvgIpc) is 3.40. The maximum Gasteiger partial charge on any atom is 0.319 e. The van der Waals surface area contributed by atoms with Crippen molar-refractivity contribution in [2.75, 3.05) is 44.3 Å². The van der Waals surface area contributed by atoms with Crippen LogP contribution in [0.5, 0.6) is 6.01 Å².